The van der Waals surface area contributed by atoms with Crippen molar-refractivity contribution in [3.8, 4) is 5.75 Å². The van der Waals surface area contributed by atoms with E-state index in [1.807, 2.05) is 0 Å². The summed E-state index contributed by atoms with van der Waals surface area (Å²) in [5.74, 6) is -0.968. The molecule has 1 amide bonds. The number of rotatable bonds is 7. The van der Waals surface area contributed by atoms with E-state index < -0.39 is 23.4 Å². The summed E-state index contributed by atoms with van der Waals surface area (Å²) in [4.78, 5) is 34.9. The standard InChI is InChI=1S/C17H15ClN2O6S/c1-25-14-5-4-11(8-12(14)18)19-16(21)9-26-17(22)10-3-6-15(27-2)13(7-10)20(23)24/h3-8H,9H2,1-2H3,(H,19,21). The van der Waals surface area contributed by atoms with Gasteiger partial charge in [-0.05, 0) is 36.6 Å². The molecule has 0 heterocycles. The first kappa shape index (κ1) is 20.5. The highest BCUT2D eigenvalue weighted by Gasteiger charge is 2.18. The van der Waals surface area contributed by atoms with Gasteiger partial charge < -0.3 is 14.8 Å². The van der Waals surface area contributed by atoms with Gasteiger partial charge in [-0.2, -0.15) is 0 Å². The van der Waals surface area contributed by atoms with Gasteiger partial charge in [0.15, 0.2) is 6.61 Å². The molecule has 142 valence electrons. The molecular weight excluding hydrogens is 396 g/mol. The Hall–Kier alpha value is -2.78. The van der Waals surface area contributed by atoms with Gasteiger partial charge in [-0.25, -0.2) is 4.79 Å². The second kappa shape index (κ2) is 9.24. The lowest BCUT2D eigenvalue weighted by Gasteiger charge is -2.09. The number of amides is 1. The molecule has 2 aromatic carbocycles. The van der Waals surface area contributed by atoms with Crippen molar-refractivity contribution in [1.82, 2.24) is 0 Å². The van der Waals surface area contributed by atoms with Crippen LogP contribution in [0.2, 0.25) is 5.02 Å². The maximum Gasteiger partial charge on any atom is 0.338 e. The Bertz CT molecular complexity index is 890. The van der Waals surface area contributed by atoms with Gasteiger partial charge in [0.05, 0.1) is 27.5 Å². The first-order chi connectivity index (χ1) is 12.8. The number of nitrogens with zero attached hydrogens (tertiary/aromatic N) is 1. The van der Waals surface area contributed by atoms with E-state index in [4.69, 9.17) is 21.1 Å². The highest BCUT2D eigenvalue weighted by molar-refractivity contribution is 7.98. The summed E-state index contributed by atoms with van der Waals surface area (Å²) in [6.07, 6.45) is 1.69. The van der Waals surface area contributed by atoms with Crippen molar-refractivity contribution in [2.45, 2.75) is 4.90 Å². The van der Waals surface area contributed by atoms with Gasteiger partial charge in [-0.3, -0.25) is 14.9 Å². The number of nitrogens with one attached hydrogen (secondary N) is 1. The van der Waals surface area contributed by atoms with Crippen LogP contribution in [0, 0.1) is 10.1 Å². The van der Waals surface area contributed by atoms with E-state index in [0.29, 0.717) is 21.4 Å². The molecular formula is C17H15ClN2O6S. The zero-order valence-electron chi connectivity index (χ0n) is 14.4. The van der Waals surface area contributed by atoms with E-state index >= 15 is 0 Å². The maximum atomic E-state index is 12.0. The largest absolute Gasteiger partial charge is 0.495 e. The number of hydrogen-bond acceptors (Lipinski definition) is 7. The van der Waals surface area contributed by atoms with E-state index in [2.05, 4.69) is 5.32 Å². The number of carbonyl (C=O) groups excluding carboxylic acids is 2. The summed E-state index contributed by atoms with van der Waals surface area (Å²) in [5.41, 5.74) is 0.191. The second-order valence-corrected chi connectivity index (χ2v) is 6.37. The molecule has 2 rings (SSSR count). The lowest BCUT2D eigenvalue weighted by atomic mass is 10.2. The molecule has 8 nitrogen and oxygen atoms in total. The van der Waals surface area contributed by atoms with Crippen LogP contribution in [0.25, 0.3) is 0 Å². The molecule has 0 unspecified atom stereocenters. The molecule has 0 radical (unpaired) electrons. The van der Waals surface area contributed by atoms with Gasteiger partial charge in [0.25, 0.3) is 11.6 Å². The number of methoxy groups -OCH3 is 1. The predicted molar refractivity (Wildman–Crippen MR) is 102 cm³/mol. The molecule has 0 bridgehead atoms. The molecule has 2 aromatic rings. The zero-order chi connectivity index (χ0) is 20.0. The number of nitro groups is 1. The van der Waals surface area contributed by atoms with Gasteiger partial charge in [0.1, 0.15) is 5.75 Å². The lowest BCUT2D eigenvalue weighted by Crippen LogP contribution is -2.21. The van der Waals surface area contributed by atoms with E-state index in [9.17, 15) is 19.7 Å². The van der Waals surface area contributed by atoms with Gasteiger partial charge in [0.2, 0.25) is 0 Å². The van der Waals surface area contributed by atoms with Crippen LogP contribution >= 0.6 is 23.4 Å². The monoisotopic (exact) mass is 410 g/mol. The van der Waals surface area contributed by atoms with Crippen molar-refractivity contribution in [3.63, 3.8) is 0 Å². The first-order valence-electron chi connectivity index (χ1n) is 7.48. The molecule has 10 heteroatoms. The van der Waals surface area contributed by atoms with E-state index in [1.54, 1.807) is 18.4 Å². The van der Waals surface area contributed by atoms with Gasteiger partial charge in [-0.15, -0.1) is 11.8 Å². The average molecular weight is 411 g/mol. The number of esters is 1. The fraction of sp³-hybridized carbons (Fsp3) is 0.176. The molecule has 0 fully saturated rings. The van der Waals surface area contributed by atoms with E-state index in [1.165, 1.54) is 37.1 Å². The Kier molecular flexibility index (Phi) is 7.03. The molecule has 27 heavy (non-hydrogen) atoms. The van der Waals surface area contributed by atoms with Crippen LogP contribution in [0.3, 0.4) is 0 Å². The molecule has 0 atom stereocenters. The fourth-order valence-corrected chi connectivity index (χ4v) is 2.92. The maximum absolute atomic E-state index is 12.0. The number of anilines is 1. The Morgan fingerprint density at radius 3 is 2.59 bits per heavy atom. The van der Waals surface area contributed by atoms with E-state index in [-0.39, 0.29) is 11.3 Å². The third-order valence-corrected chi connectivity index (χ3v) is 4.46. The number of hydrogen-bond donors (Lipinski definition) is 1. The van der Waals surface area contributed by atoms with Crippen LogP contribution in [0.4, 0.5) is 11.4 Å². The summed E-state index contributed by atoms with van der Waals surface area (Å²) in [5, 5.41) is 13.9. The number of ether oxygens (including phenoxy) is 2. The Morgan fingerprint density at radius 2 is 2.00 bits per heavy atom. The first-order valence-corrected chi connectivity index (χ1v) is 9.09. The number of thioether (sulfide) groups is 1. The van der Waals surface area contributed by atoms with Crippen LogP contribution in [0.15, 0.2) is 41.3 Å². The summed E-state index contributed by atoms with van der Waals surface area (Å²) in [6, 6.07) is 8.63. The van der Waals surface area contributed by atoms with Crippen molar-refractivity contribution in [2.75, 3.05) is 25.3 Å². The lowest BCUT2D eigenvalue weighted by molar-refractivity contribution is -0.387. The summed E-state index contributed by atoms with van der Waals surface area (Å²) in [6.45, 7) is -0.555. The molecule has 0 saturated heterocycles. The second-order valence-electron chi connectivity index (χ2n) is 5.12. The minimum atomic E-state index is -0.839. The Morgan fingerprint density at radius 1 is 1.26 bits per heavy atom. The quantitative estimate of drug-likeness (QED) is 0.320. The Labute approximate surface area is 163 Å². The minimum Gasteiger partial charge on any atom is -0.495 e. The number of carbonyl (C=O) groups is 2. The number of halogens is 1. The molecule has 0 aliphatic heterocycles. The highest BCUT2D eigenvalue weighted by Crippen LogP contribution is 2.29. The highest BCUT2D eigenvalue weighted by atomic mass is 35.5. The van der Waals surface area contributed by atoms with Crippen LogP contribution < -0.4 is 10.1 Å². The topological polar surface area (TPSA) is 108 Å². The molecule has 0 aliphatic rings. The predicted octanol–water partition coefficient (Wildman–Crippen LogP) is 3.77. The van der Waals surface area contributed by atoms with Crippen molar-refractivity contribution >= 4 is 46.6 Å². The average Bonchev–Trinajstić information content (AvgIpc) is 2.65. The van der Waals surface area contributed by atoms with Gasteiger partial charge in [0, 0.05) is 11.8 Å². The van der Waals surface area contributed by atoms with Crippen molar-refractivity contribution < 1.29 is 24.0 Å². The van der Waals surface area contributed by atoms with E-state index in [0.717, 1.165) is 6.07 Å². The summed E-state index contributed by atoms with van der Waals surface area (Å²) >= 11 is 7.16. The smallest absolute Gasteiger partial charge is 0.338 e. The van der Waals surface area contributed by atoms with Gasteiger partial charge in [-0.1, -0.05) is 11.6 Å². The summed E-state index contributed by atoms with van der Waals surface area (Å²) in [7, 11) is 1.47. The Balaban J connectivity index is 1.98. The van der Waals surface area contributed by atoms with Crippen molar-refractivity contribution in [1.29, 1.82) is 0 Å². The van der Waals surface area contributed by atoms with Crippen LogP contribution in [-0.4, -0.2) is 36.8 Å². The third-order valence-electron chi connectivity index (χ3n) is 3.38. The third kappa shape index (κ3) is 5.35. The van der Waals surface area contributed by atoms with Crippen molar-refractivity contribution in [2.24, 2.45) is 0 Å². The number of benzene rings is 2. The fourth-order valence-electron chi connectivity index (χ4n) is 2.12. The molecule has 1 N–H and O–H groups in total. The molecule has 0 aliphatic carbocycles. The minimum absolute atomic E-state index is 0.0141. The molecule has 0 spiro atoms. The molecule has 0 saturated carbocycles. The van der Waals surface area contributed by atoms with Crippen molar-refractivity contribution in [3.05, 3.63) is 57.1 Å². The summed E-state index contributed by atoms with van der Waals surface area (Å²) < 4.78 is 9.92. The SMILES string of the molecule is COc1ccc(NC(=O)COC(=O)c2ccc(SC)c([N+](=O)[O-])c2)cc1Cl. The number of nitro benzene ring substituents is 1. The normalized spacial score (nSPS) is 10.2. The van der Waals surface area contributed by atoms with Crippen LogP contribution in [0.5, 0.6) is 5.75 Å². The van der Waals surface area contributed by atoms with Crippen LogP contribution in [-0.2, 0) is 9.53 Å². The van der Waals surface area contributed by atoms with Gasteiger partial charge >= 0.3 is 5.97 Å². The molecule has 0 aromatic heterocycles. The zero-order valence-corrected chi connectivity index (χ0v) is 15.9. The van der Waals surface area contributed by atoms with Crippen LogP contribution in [0.1, 0.15) is 10.4 Å².